The van der Waals surface area contributed by atoms with E-state index in [2.05, 4.69) is 0 Å². The fourth-order valence-electron chi connectivity index (χ4n) is 1.04. The van der Waals surface area contributed by atoms with Gasteiger partial charge < -0.3 is 10.2 Å². The highest BCUT2D eigenvalue weighted by molar-refractivity contribution is 7.99. The summed E-state index contributed by atoms with van der Waals surface area (Å²) in [6.07, 6.45) is 0. The molecule has 2 N–H and O–H groups in total. The van der Waals surface area contributed by atoms with E-state index in [9.17, 15) is 9.59 Å². The molecule has 5 heteroatoms. The Labute approximate surface area is 67.6 Å². The predicted octanol–water partition coefficient (Wildman–Crippen LogP) is 0.135. The summed E-state index contributed by atoms with van der Waals surface area (Å²) in [6.45, 7) is 0. The highest BCUT2D eigenvalue weighted by atomic mass is 32.2. The number of aliphatic carboxylic acids is 2. The van der Waals surface area contributed by atoms with Gasteiger partial charge in [-0.1, -0.05) is 0 Å². The third kappa shape index (κ3) is 1.65. The molecule has 1 aliphatic heterocycles. The fourth-order valence-corrected chi connectivity index (χ4v) is 2.43. The van der Waals surface area contributed by atoms with Crippen LogP contribution in [0.3, 0.4) is 0 Å². The minimum absolute atomic E-state index is 0.423. The Morgan fingerprint density at radius 3 is 1.73 bits per heavy atom. The van der Waals surface area contributed by atoms with E-state index in [4.69, 9.17) is 10.2 Å². The van der Waals surface area contributed by atoms with E-state index in [0.29, 0.717) is 11.5 Å². The van der Waals surface area contributed by atoms with Crippen LogP contribution in [0.25, 0.3) is 0 Å². The molecule has 0 aromatic rings. The van der Waals surface area contributed by atoms with Gasteiger partial charge in [-0.25, -0.2) is 0 Å². The number of carboxylic acids is 2. The molecule has 4 nitrogen and oxygen atoms in total. The summed E-state index contributed by atoms with van der Waals surface area (Å²) < 4.78 is 0. The lowest BCUT2D eigenvalue weighted by molar-refractivity contribution is -0.151. The van der Waals surface area contributed by atoms with Crippen molar-refractivity contribution in [1.29, 1.82) is 0 Å². The van der Waals surface area contributed by atoms with E-state index < -0.39 is 23.8 Å². The molecule has 0 bridgehead atoms. The van der Waals surface area contributed by atoms with E-state index in [1.807, 2.05) is 0 Å². The van der Waals surface area contributed by atoms with Crippen LogP contribution in [0.5, 0.6) is 0 Å². The largest absolute Gasteiger partial charge is 0.481 e. The molecule has 1 fully saturated rings. The van der Waals surface area contributed by atoms with Gasteiger partial charge in [0.25, 0.3) is 0 Å². The summed E-state index contributed by atoms with van der Waals surface area (Å²) in [7, 11) is 0. The summed E-state index contributed by atoms with van der Waals surface area (Å²) in [5.41, 5.74) is 0. The predicted molar refractivity (Wildman–Crippen MR) is 39.6 cm³/mol. The number of hydrogen-bond donors (Lipinski definition) is 2. The Bertz CT molecular complexity index is 171. The van der Waals surface area contributed by atoms with Crippen molar-refractivity contribution in [2.75, 3.05) is 11.5 Å². The van der Waals surface area contributed by atoms with Crippen LogP contribution in [0.4, 0.5) is 0 Å². The van der Waals surface area contributed by atoms with E-state index >= 15 is 0 Å². The second kappa shape index (κ2) is 3.13. The van der Waals surface area contributed by atoms with Crippen LogP contribution < -0.4 is 0 Å². The first-order chi connectivity index (χ1) is 5.13. The molecule has 0 aromatic heterocycles. The SMILES string of the molecule is O=C(O)C1CSCC1C(=O)O. The Hall–Kier alpha value is -0.710. The van der Waals surface area contributed by atoms with Gasteiger partial charge in [-0.3, -0.25) is 9.59 Å². The maximum absolute atomic E-state index is 10.4. The molecule has 0 aliphatic carbocycles. The molecule has 1 rings (SSSR count). The van der Waals surface area contributed by atoms with Gasteiger partial charge in [0.05, 0.1) is 11.8 Å². The fraction of sp³-hybridized carbons (Fsp3) is 0.667. The Morgan fingerprint density at radius 2 is 1.45 bits per heavy atom. The Kier molecular flexibility index (Phi) is 2.38. The molecule has 1 aliphatic rings. The molecule has 2 atom stereocenters. The van der Waals surface area contributed by atoms with Crippen molar-refractivity contribution in [3.63, 3.8) is 0 Å². The van der Waals surface area contributed by atoms with Gasteiger partial charge in [0.1, 0.15) is 0 Å². The summed E-state index contributed by atoms with van der Waals surface area (Å²) in [5, 5.41) is 17.1. The highest BCUT2D eigenvalue weighted by Crippen LogP contribution is 2.29. The minimum Gasteiger partial charge on any atom is -0.481 e. The van der Waals surface area contributed by atoms with Gasteiger partial charge in [-0.2, -0.15) is 11.8 Å². The van der Waals surface area contributed by atoms with Gasteiger partial charge in [0.2, 0.25) is 0 Å². The third-order valence-corrected chi connectivity index (χ3v) is 2.90. The van der Waals surface area contributed by atoms with Crippen LogP contribution in [0, 0.1) is 11.8 Å². The standard InChI is InChI=1S/C6H8O4S/c7-5(8)3-1-11-2-4(3)6(9)10/h3-4H,1-2H2,(H,7,8)(H,9,10). The van der Waals surface area contributed by atoms with E-state index in [1.54, 1.807) is 0 Å². The van der Waals surface area contributed by atoms with Crippen LogP contribution in [-0.2, 0) is 9.59 Å². The van der Waals surface area contributed by atoms with Crippen molar-refractivity contribution in [3.05, 3.63) is 0 Å². The molecular formula is C6H8O4S. The molecule has 11 heavy (non-hydrogen) atoms. The van der Waals surface area contributed by atoms with Crippen LogP contribution in [0.1, 0.15) is 0 Å². The van der Waals surface area contributed by atoms with Crippen molar-refractivity contribution < 1.29 is 19.8 Å². The number of carbonyl (C=O) groups is 2. The Balaban J connectivity index is 2.65. The first-order valence-corrected chi connectivity index (χ1v) is 4.31. The second-order valence-electron chi connectivity index (χ2n) is 2.43. The van der Waals surface area contributed by atoms with Crippen LogP contribution >= 0.6 is 11.8 Å². The van der Waals surface area contributed by atoms with Gasteiger partial charge in [0.15, 0.2) is 0 Å². The van der Waals surface area contributed by atoms with Crippen LogP contribution in [-0.4, -0.2) is 33.7 Å². The van der Waals surface area contributed by atoms with Crippen LogP contribution in [0.15, 0.2) is 0 Å². The van der Waals surface area contributed by atoms with E-state index in [1.165, 1.54) is 11.8 Å². The quantitative estimate of drug-likeness (QED) is 0.625. The first-order valence-electron chi connectivity index (χ1n) is 3.16. The summed E-state index contributed by atoms with van der Waals surface area (Å²) in [5.74, 6) is -2.54. The monoisotopic (exact) mass is 176 g/mol. The van der Waals surface area contributed by atoms with E-state index in [0.717, 1.165) is 0 Å². The summed E-state index contributed by atoms with van der Waals surface area (Å²) >= 11 is 1.39. The minimum atomic E-state index is -0.998. The maximum Gasteiger partial charge on any atom is 0.308 e. The van der Waals surface area contributed by atoms with Gasteiger partial charge in [0, 0.05) is 11.5 Å². The normalized spacial score (nSPS) is 30.2. The zero-order valence-corrected chi connectivity index (χ0v) is 6.50. The van der Waals surface area contributed by atoms with Gasteiger partial charge >= 0.3 is 11.9 Å². The molecule has 2 unspecified atom stereocenters. The lowest BCUT2D eigenvalue weighted by Gasteiger charge is -2.07. The second-order valence-corrected chi connectivity index (χ2v) is 3.50. The maximum atomic E-state index is 10.4. The number of rotatable bonds is 2. The lowest BCUT2D eigenvalue weighted by atomic mass is 9.97. The smallest absolute Gasteiger partial charge is 0.308 e. The molecule has 0 radical (unpaired) electrons. The molecule has 0 amide bonds. The van der Waals surface area contributed by atoms with Crippen LogP contribution in [0.2, 0.25) is 0 Å². The van der Waals surface area contributed by atoms with E-state index in [-0.39, 0.29) is 0 Å². The average molecular weight is 176 g/mol. The average Bonchev–Trinajstić information content (AvgIpc) is 2.32. The zero-order valence-electron chi connectivity index (χ0n) is 5.69. The van der Waals surface area contributed by atoms with Crippen molar-refractivity contribution in [2.24, 2.45) is 11.8 Å². The number of hydrogen-bond acceptors (Lipinski definition) is 3. The lowest BCUT2D eigenvalue weighted by Crippen LogP contribution is -2.28. The molecule has 0 spiro atoms. The molecular weight excluding hydrogens is 168 g/mol. The molecule has 0 aromatic carbocycles. The third-order valence-electron chi connectivity index (χ3n) is 1.71. The zero-order chi connectivity index (χ0) is 8.43. The van der Waals surface area contributed by atoms with Crippen molar-refractivity contribution >= 4 is 23.7 Å². The number of thioether (sulfide) groups is 1. The molecule has 1 saturated heterocycles. The van der Waals surface area contributed by atoms with Crippen molar-refractivity contribution in [2.45, 2.75) is 0 Å². The van der Waals surface area contributed by atoms with Gasteiger partial charge in [-0.05, 0) is 0 Å². The molecule has 62 valence electrons. The summed E-state index contributed by atoms with van der Waals surface area (Å²) in [6, 6.07) is 0. The molecule has 1 heterocycles. The van der Waals surface area contributed by atoms with Crippen molar-refractivity contribution in [3.8, 4) is 0 Å². The molecule has 0 saturated carbocycles. The van der Waals surface area contributed by atoms with Gasteiger partial charge in [-0.15, -0.1) is 0 Å². The summed E-state index contributed by atoms with van der Waals surface area (Å²) in [4.78, 5) is 20.9. The Morgan fingerprint density at radius 1 is 1.09 bits per heavy atom. The topological polar surface area (TPSA) is 74.6 Å². The number of carboxylic acid groups (broad SMARTS) is 2. The highest BCUT2D eigenvalue weighted by Gasteiger charge is 2.38. The van der Waals surface area contributed by atoms with Crippen molar-refractivity contribution in [1.82, 2.24) is 0 Å². The first kappa shape index (κ1) is 8.39.